The van der Waals surface area contributed by atoms with Gasteiger partial charge in [-0.1, -0.05) is 44.0 Å². The van der Waals surface area contributed by atoms with Crippen LogP contribution in [0.4, 0.5) is 0 Å². The van der Waals surface area contributed by atoms with Crippen molar-refractivity contribution in [1.82, 2.24) is 14.7 Å². The van der Waals surface area contributed by atoms with E-state index in [4.69, 9.17) is 0 Å². The Morgan fingerprint density at radius 1 is 0.594 bits per heavy atom. The molecule has 0 saturated carbocycles. The number of imide groups is 2. The van der Waals surface area contributed by atoms with E-state index in [1.807, 2.05) is 0 Å². The fourth-order valence-electron chi connectivity index (χ4n) is 4.29. The van der Waals surface area contributed by atoms with Gasteiger partial charge in [0.15, 0.2) is 0 Å². The van der Waals surface area contributed by atoms with Gasteiger partial charge in [0.1, 0.15) is 0 Å². The third kappa shape index (κ3) is 4.08. The number of rotatable bonds is 10. The molecule has 2 aromatic rings. The summed E-state index contributed by atoms with van der Waals surface area (Å²) in [4.78, 5) is 55.3. The van der Waals surface area contributed by atoms with E-state index >= 15 is 0 Å². The van der Waals surface area contributed by atoms with Crippen LogP contribution in [0.3, 0.4) is 0 Å². The minimum absolute atomic E-state index is 0.264. The molecule has 32 heavy (non-hydrogen) atoms. The Hall–Kier alpha value is -3.32. The fourth-order valence-corrected chi connectivity index (χ4v) is 4.29. The van der Waals surface area contributed by atoms with Crippen molar-refractivity contribution < 1.29 is 19.2 Å². The van der Waals surface area contributed by atoms with Crippen molar-refractivity contribution in [1.29, 1.82) is 0 Å². The standard InChI is InChI=1S/C25H27N3O4/c1-2-3-8-13-26(14-16-27-22(29)18-9-4-5-10-19(18)23(27)30)15-17-28-24(31)20-11-6-7-12-21(20)25(28)32/h4-7,9-12H,2-3,8,13-17H2,1H3. The number of fused-ring (bicyclic) bond motifs is 2. The summed E-state index contributed by atoms with van der Waals surface area (Å²) in [5.41, 5.74) is 1.78. The van der Waals surface area contributed by atoms with Crippen LogP contribution in [0.15, 0.2) is 48.5 Å². The summed E-state index contributed by atoms with van der Waals surface area (Å²) in [5, 5.41) is 0. The lowest BCUT2D eigenvalue weighted by Gasteiger charge is -2.26. The molecule has 0 aliphatic carbocycles. The quantitative estimate of drug-likeness (QED) is 0.425. The molecule has 0 bridgehead atoms. The van der Waals surface area contributed by atoms with Crippen LogP contribution >= 0.6 is 0 Å². The first-order valence-electron chi connectivity index (χ1n) is 11.2. The molecule has 0 N–H and O–H groups in total. The largest absolute Gasteiger partial charge is 0.300 e. The van der Waals surface area contributed by atoms with Gasteiger partial charge in [-0.25, -0.2) is 0 Å². The van der Waals surface area contributed by atoms with E-state index in [0.717, 1.165) is 25.8 Å². The van der Waals surface area contributed by atoms with Crippen LogP contribution in [0.2, 0.25) is 0 Å². The Morgan fingerprint density at radius 2 is 0.969 bits per heavy atom. The van der Waals surface area contributed by atoms with E-state index in [-0.39, 0.29) is 36.7 Å². The summed E-state index contributed by atoms with van der Waals surface area (Å²) in [6.07, 6.45) is 3.11. The SMILES string of the molecule is CCCCCN(CCN1C(=O)c2ccccc2C1=O)CCN1C(=O)c2ccccc2C1=O. The number of hydrogen-bond donors (Lipinski definition) is 0. The smallest absolute Gasteiger partial charge is 0.261 e. The van der Waals surface area contributed by atoms with Gasteiger partial charge in [0.05, 0.1) is 22.3 Å². The van der Waals surface area contributed by atoms with Crippen molar-refractivity contribution in [3.05, 3.63) is 70.8 Å². The maximum Gasteiger partial charge on any atom is 0.261 e. The molecule has 7 heteroatoms. The third-order valence-electron chi connectivity index (χ3n) is 6.11. The maximum atomic E-state index is 12.6. The molecule has 0 aromatic heterocycles. The van der Waals surface area contributed by atoms with Gasteiger partial charge in [0.2, 0.25) is 0 Å². The lowest BCUT2D eigenvalue weighted by Crippen LogP contribution is -2.43. The maximum absolute atomic E-state index is 12.6. The van der Waals surface area contributed by atoms with Crippen LogP contribution in [-0.2, 0) is 0 Å². The number of carbonyl (C=O) groups excluding carboxylic acids is 4. The zero-order valence-corrected chi connectivity index (χ0v) is 18.3. The summed E-state index contributed by atoms with van der Waals surface area (Å²) < 4.78 is 0. The van der Waals surface area contributed by atoms with Crippen LogP contribution in [-0.4, -0.2) is 71.1 Å². The van der Waals surface area contributed by atoms with Crippen LogP contribution in [0, 0.1) is 0 Å². The predicted octanol–water partition coefficient (Wildman–Crippen LogP) is 3.07. The average molecular weight is 434 g/mol. The highest BCUT2D eigenvalue weighted by molar-refractivity contribution is 6.22. The van der Waals surface area contributed by atoms with E-state index in [0.29, 0.717) is 35.3 Å². The highest BCUT2D eigenvalue weighted by atomic mass is 16.2. The van der Waals surface area contributed by atoms with E-state index in [1.165, 1.54) is 9.80 Å². The summed E-state index contributed by atoms with van der Waals surface area (Å²) in [6.45, 7) is 4.46. The zero-order valence-electron chi connectivity index (χ0n) is 18.3. The number of nitrogens with zero attached hydrogens (tertiary/aromatic N) is 3. The predicted molar refractivity (Wildman–Crippen MR) is 120 cm³/mol. The van der Waals surface area contributed by atoms with E-state index in [2.05, 4.69) is 11.8 Å². The molecule has 166 valence electrons. The highest BCUT2D eigenvalue weighted by Gasteiger charge is 2.36. The summed E-state index contributed by atoms with van der Waals surface area (Å²) in [7, 11) is 0. The average Bonchev–Trinajstić information content (AvgIpc) is 3.20. The van der Waals surface area contributed by atoms with Gasteiger partial charge in [-0.15, -0.1) is 0 Å². The lowest BCUT2D eigenvalue weighted by molar-refractivity contribution is 0.0621. The van der Waals surface area contributed by atoms with Crippen molar-refractivity contribution in [2.24, 2.45) is 0 Å². The molecule has 0 atom stereocenters. The molecule has 2 aliphatic heterocycles. The van der Waals surface area contributed by atoms with Crippen LogP contribution in [0.1, 0.15) is 67.6 Å². The van der Waals surface area contributed by atoms with Gasteiger partial charge in [0, 0.05) is 26.2 Å². The molecule has 0 radical (unpaired) electrons. The third-order valence-corrected chi connectivity index (χ3v) is 6.11. The van der Waals surface area contributed by atoms with E-state index in [1.54, 1.807) is 48.5 Å². The molecular formula is C25H27N3O4. The molecule has 7 nitrogen and oxygen atoms in total. The Kier molecular flexibility index (Phi) is 6.46. The van der Waals surface area contributed by atoms with Gasteiger partial charge >= 0.3 is 0 Å². The topological polar surface area (TPSA) is 78.0 Å². The minimum Gasteiger partial charge on any atom is -0.300 e. The monoisotopic (exact) mass is 433 g/mol. The summed E-state index contributed by atoms with van der Waals surface area (Å²) >= 11 is 0. The van der Waals surface area contributed by atoms with Crippen LogP contribution in [0.5, 0.6) is 0 Å². The van der Waals surface area contributed by atoms with Crippen molar-refractivity contribution >= 4 is 23.6 Å². The molecule has 0 saturated heterocycles. The van der Waals surface area contributed by atoms with Gasteiger partial charge < -0.3 is 0 Å². The molecule has 2 heterocycles. The lowest BCUT2D eigenvalue weighted by atomic mass is 10.1. The highest BCUT2D eigenvalue weighted by Crippen LogP contribution is 2.23. The van der Waals surface area contributed by atoms with Crippen LogP contribution in [0.25, 0.3) is 0 Å². The van der Waals surface area contributed by atoms with Crippen molar-refractivity contribution in [2.45, 2.75) is 26.2 Å². The molecule has 0 fully saturated rings. The van der Waals surface area contributed by atoms with Gasteiger partial charge in [-0.2, -0.15) is 0 Å². The fraction of sp³-hybridized carbons (Fsp3) is 0.360. The first kappa shape index (κ1) is 21.9. The van der Waals surface area contributed by atoms with Crippen molar-refractivity contribution in [3.63, 3.8) is 0 Å². The van der Waals surface area contributed by atoms with Gasteiger partial charge in [0.25, 0.3) is 23.6 Å². The van der Waals surface area contributed by atoms with Gasteiger partial charge in [-0.05, 0) is 37.2 Å². The second-order valence-electron chi connectivity index (χ2n) is 8.16. The van der Waals surface area contributed by atoms with E-state index in [9.17, 15) is 19.2 Å². The minimum atomic E-state index is -0.264. The number of amides is 4. The zero-order chi connectivity index (χ0) is 22.7. The molecule has 2 aromatic carbocycles. The van der Waals surface area contributed by atoms with Crippen molar-refractivity contribution in [3.8, 4) is 0 Å². The number of hydrogen-bond acceptors (Lipinski definition) is 5. The first-order chi connectivity index (χ1) is 15.5. The van der Waals surface area contributed by atoms with Crippen LogP contribution < -0.4 is 0 Å². The molecule has 0 unspecified atom stereocenters. The molecule has 4 rings (SSSR count). The number of unbranched alkanes of at least 4 members (excludes halogenated alkanes) is 2. The Morgan fingerprint density at radius 3 is 1.31 bits per heavy atom. The molecular weight excluding hydrogens is 406 g/mol. The first-order valence-corrected chi connectivity index (χ1v) is 11.2. The van der Waals surface area contributed by atoms with Crippen molar-refractivity contribution in [2.75, 3.05) is 32.7 Å². The van der Waals surface area contributed by atoms with Gasteiger partial charge in [-0.3, -0.25) is 33.9 Å². The normalized spacial score (nSPS) is 15.2. The molecule has 4 amide bonds. The Bertz CT molecular complexity index is 915. The molecule has 2 aliphatic rings. The summed E-state index contributed by atoms with van der Waals surface area (Å²) in [6, 6.07) is 13.7. The second-order valence-corrected chi connectivity index (χ2v) is 8.16. The number of benzene rings is 2. The molecule has 0 spiro atoms. The Labute approximate surface area is 187 Å². The summed E-state index contributed by atoms with van der Waals surface area (Å²) in [5.74, 6) is -1.06. The van der Waals surface area contributed by atoms with E-state index < -0.39 is 0 Å². The second kappa shape index (κ2) is 9.44. The Balaban J connectivity index is 1.39. The number of carbonyl (C=O) groups is 4.